The molecule has 0 fully saturated rings. The quantitative estimate of drug-likeness (QED) is 0.260. The lowest BCUT2D eigenvalue weighted by Crippen LogP contribution is -2.33. The highest BCUT2D eigenvalue weighted by molar-refractivity contribution is 5.82. The molecule has 0 bridgehead atoms. The van der Waals surface area contributed by atoms with Gasteiger partial charge >= 0.3 is 5.97 Å². The van der Waals surface area contributed by atoms with E-state index >= 15 is 0 Å². The van der Waals surface area contributed by atoms with Gasteiger partial charge < -0.3 is 10.0 Å². The molecule has 0 aromatic heterocycles. The number of carbonyl (C=O) groups is 2. The van der Waals surface area contributed by atoms with Crippen LogP contribution in [0.3, 0.4) is 0 Å². The van der Waals surface area contributed by atoms with E-state index in [9.17, 15) is 14.7 Å². The van der Waals surface area contributed by atoms with Crippen molar-refractivity contribution in [3.63, 3.8) is 0 Å². The van der Waals surface area contributed by atoms with E-state index in [0.717, 1.165) is 12.8 Å². The summed E-state index contributed by atoms with van der Waals surface area (Å²) in [6.07, 6.45) is 17.2. The minimum Gasteiger partial charge on any atom is -0.481 e. The van der Waals surface area contributed by atoms with Gasteiger partial charge in [0.2, 0.25) is 5.91 Å². The Balaban J connectivity index is 3.75. The van der Waals surface area contributed by atoms with E-state index in [2.05, 4.69) is 19.1 Å². The molecular formula is C22H41NO3. The molecule has 26 heavy (non-hydrogen) atoms. The number of hydrogen-bond donors (Lipinski definition) is 1. The lowest BCUT2D eigenvalue weighted by Gasteiger charge is -2.21. The number of amides is 1. The lowest BCUT2D eigenvalue weighted by atomic mass is 9.96. The maximum atomic E-state index is 12.1. The SMILES string of the molecule is CCC/C=C/CCCCCCCCCC(CC(=O)N(CC)CC)C(=O)O. The van der Waals surface area contributed by atoms with Crippen LogP contribution in [0.4, 0.5) is 0 Å². The van der Waals surface area contributed by atoms with Crippen LogP contribution in [0, 0.1) is 5.92 Å². The molecule has 4 nitrogen and oxygen atoms in total. The third-order valence-electron chi connectivity index (χ3n) is 4.93. The van der Waals surface area contributed by atoms with Gasteiger partial charge in [0.05, 0.1) is 5.92 Å². The van der Waals surface area contributed by atoms with Gasteiger partial charge in [0, 0.05) is 19.5 Å². The average Bonchev–Trinajstić information content (AvgIpc) is 2.62. The number of carboxylic acid groups (broad SMARTS) is 1. The van der Waals surface area contributed by atoms with Gasteiger partial charge in [0.1, 0.15) is 0 Å². The monoisotopic (exact) mass is 367 g/mol. The number of unbranched alkanes of at least 4 members (excludes halogenated alkanes) is 8. The molecule has 152 valence electrons. The Morgan fingerprint density at radius 2 is 1.38 bits per heavy atom. The largest absolute Gasteiger partial charge is 0.481 e. The summed E-state index contributed by atoms with van der Waals surface area (Å²) in [6.45, 7) is 7.36. The Morgan fingerprint density at radius 3 is 1.92 bits per heavy atom. The second-order valence-corrected chi connectivity index (χ2v) is 7.12. The van der Waals surface area contributed by atoms with Crippen LogP contribution in [0.2, 0.25) is 0 Å². The van der Waals surface area contributed by atoms with Crippen LogP contribution in [0.25, 0.3) is 0 Å². The topological polar surface area (TPSA) is 57.6 Å². The van der Waals surface area contributed by atoms with Gasteiger partial charge in [-0.15, -0.1) is 0 Å². The molecule has 1 N–H and O–H groups in total. The number of allylic oxidation sites excluding steroid dienone is 2. The molecule has 0 aliphatic heterocycles. The lowest BCUT2D eigenvalue weighted by molar-refractivity contribution is -0.146. The average molecular weight is 368 g/mol. The molecule has 4 heteroatoms. The summed E-state index contributed by atoms with van der Waals surface area (Å²) in [5, 5.41) is 9.35. The molecule has 0 rings (SSSR count). The molecule has 0 aliphatic rings. The van der Waals surface area contributed by atoms with Crippen LogP contribution in [0.15, 0.2) is 12.2 Å². The zero-order valence-electron chi connectivity index (χ0n) is 17.3. The highest BCUT2D eigenvalue weighted by atomic mass is 16.4. The van der Waals surface area contributed by atoms with Crippen LogP contribution in [-0.2, 0) is 9.59 Å². The molecule has 0 aromatic carbocycles. The highest BCUT2D eigenvalue weighted by Gasteiger charge is 2.22. The number of hydrogen-bond acceptors (Lipinski definition) is 2. The Bertz CT molecular complexity index is 389. The second kappa shape index (κ2) is 17.1. The number of nitrogens with zero attached hydrogens (tertiary/aromatic N) is 1. The van der Waals surface area contributed by atoms with Crippen molar-refractivity contribution in [1.29, 1.82) is 0 Å². The molecule has 1 atom stereocenters. The van der Waals surface area contributed by atoms with Crippen LogP contribution < -0.4 is 0 Å². The fourth-order valence-electron chi connectivity index (χ4n) is 3.17. The summed E-state index contributed by atoms with van der Waals surface area (Å²) < 4.78 is 0. The Morgan fingerprint density at radius 1 is 0.846 bits per heavy atom. The Labute approximate surface area is 161 Å². The van der Waals surface area contributed by atoms with E-state index in [1.165, 1.54) is 51.4 Å². The van der Waals surface area contributed by atoms with Crippen molar-refractivity contribution < 1.29 is 14.7 Å². The van der Waals surface area contributed by atoms with E-state index < -0.39 is 11.9 Å². The third-order valence-corrected chi connectivity index (χ3v) is 4.93. The predicted octanol–water partition coefficient (Wildman–Crippen LogP) is 5.81. The summed E-state index contributed by atoms with van der Waals surface area (Å²) in [5.41, 5.74) is 0. The number of aliphatic carboxylic acids is 1. The first kappa shape index (κ1) is 24.7. The molecule has 0 aliphatic carbocycles. The summed E-state index contributed by atoms with van der Waals surface area (Å²) in [6, 6.07) is 0. The number of carbonyl (C=O) groups excluding carboxylic acids is 1. The maximum absolute atomic E-state index is 12.1. The van der Waals surface area contributed by atoms with Crippen molar-refractivity contribution >= 4 is 11.9 Å². The molecule has 1 amide bonds. The van der Waals surface area contributed by atoms with Crippen LogP contribution in [0.5, 0.6) is 0 Å². The van der Waals surface area contributed by atoms with Gasteiger partial charge in [0.25, 0.3) is 0 Å². The van der Waals surface area contributed by atoms with E-state index in [1.807, 2.05) is 13.8 Å². The van der Waals surface area contributed by atoms with Gasteiger partial charge in [0.15, 0.2) is 0 Å². The van der Waals surface area contributed by atoms with Gasteiger partial charge in [-0.3, -0.25) is 9.59 Å². The fraction of sp³-hybridized carbons (Fsp3) is 0.818. The van der Waals surface area contributed by atoms with Gasteiger partial charge in [-0.2, -0.15) is 0 Å². The molecule has 0 aromatic rings. The summed E-state index contributed by atoms with van der Waals surface area (Å²) in [5.74, 6) is -1.39. The van der Waals surface area contributed by atoms with Gasteiger partial charge in [-0.25, -0.2) is 0 Å². The summed E-state index contributed by atoms with van der Waals surface area (Å²) in [7, 11) is 0. The first-order valence-corrected chi connectivity index (χ1v) is 10.7. The molecular weight excluding hydrogens is 326 g/mol. The van der Waals surface area contributed by atoms with E-state index in [1.54, 1.807) is 4.90 Å². The third kappa shape index (κ3) is 13.0. The van der Waals surface area contributed by atoms with E-state index in [0.29, 0.717) is 19.5 Å². The van der Waals surface area contributed by atoms with Crippen molar-refractivity contribution in [3.8, 4) is 0 Å². The second-order valence-electron chi connectivity index (χ2n) is 7.12. The zero-order valence-corrected chi connectivity index (χ0v) is 17.3. The van der Waals surface area contributed by atoms with Crippen molar-refractivity contribution in [2.75, 3.05) is 13.1 Å². The predicted molar refractivity (Wildman–Crippen MR) is 109 cm³/mol. The van der Waals surface area contributed by atoms with Crippen LogP contribution in [0.1, 0.15) is 97.8 Å². The Hall–Kier alpha value is -1.32. The van der Waals surface area contributed by atoms with Crippen LogP contribution in [-0.4, -0.2) is 35.0 Å². The molecule has 0 heterocycles. The van der Waals surface area contributed by atoms with Crippen LogP contribution >= 0.6 is 0 Å². The first-order chi connectivity index (χ1) is 12.6. The molecule has 1 unspecified atom stereocenters. The number of rotatable bonds is 17. The van der Waals surface area contributed by atoms with Gasteiger partial charge in [-0.05, 0) is 39.5 Å². The van der Waals surface area contributed by atoms with E-state index in [4.69, 9.17) is 0 Å². The summed E-state index contributed by atoms with van der Waals surface area (Å²) in [4.78, 5) is 25.2. The molecule has 0 spiro atoms. The normalized spacial score (nSPS) is 12.4. The molecule has 0 radical (unpaired) electrons. The Kier molecular flexibility index (Phi) is 16.2. The van der Waals surface area contributed by atoms with E-state index in [-0.39, 0.29) is 12.3 Å². The maximum Gasteiger partial charge on any atom is 0.307 e. The van der Waals surface area contributed by atoms with Crippen molar-refractivity contribution in [3.05, 3.63) is 12.2 Å². The van der Waals surface area contributed by atoms with Crippen molar-refractivity contribution in [2.45, 2.75) is 97.8 Å². The van der Waals surface area contributed by atoms with Crippen molar-refractivity contribution in [2.24, 2.45) is 5.92 Å². The van der Waals surface area contributed by atoms with Gasteiger partial charge in [-0.1, -0.05) is 64.0 Å². The zero-order chi connectivity index (χ0) is 19.6. The number of carboxylic acids is 1. The van der Waals surface area contributed by atoms with Crippen molar-refractivity contribution in [1.82, 2.24) is 4.90 Å². The standard InChI is InChI=1S/C22H41NO3/c1-4-7-8-9-10-11-12-13-14-15-16-17-18-20(22(25)26)19-21(24)23(5-2)6-3/h8-9,20H,4-7,10-19H2,1-3H3,(H,25,26)/b9-8+. The minimum atomic E-state index is -0.832. The smallest absolute Gasteiger partial charge is 0.307 e. The fourth-order valence-corrected chi connectivity index (χ4v) is 3.17. The molecule has 0 saturated heterocycles. The highest BCUT2D eigenvalue weighted by Crippen LogP contribution is 2.17. The summed E-state index contributed by atoms with van der Waals surface area (Å²) >= 11 is 0. The minimum absolute atomic E-state index is 0.0320. The molecule has 0 saturated carbocycles. The first-order valence-electron chi connectivity index (χ1n) is 10.7.